The zero-order valence-corrected chi connectivity index (χ0v) is 26.1. The van der Waals surface area contributed by atoms with Crippen LogP contribution >= 0.6 is 0 Å². The van der Waals surface area contributed by atoms with Gasteiger partial charge in [0.1, 0.15) is 6.29 Å². The molecule has 0 aliphatic carbocycles. The first-order valence-corrected chi connectivity index (χ1v) is 17.6. The van der Waals surface area contributed by atoms with Gasteiger partial charge in [-0.15, -0.1) is 0 Å². The topological polar surface area (TPSA) is 26.3 Å². The molecule has 0 radical (unpaired) electrons. The van der Waals surface area contributed by atoms with Gasteiger partial charge in [-0.05, 0) is 34.7 Å². The number of carbonyl (C=O) groups is 1. The van der Waals surface area contributed by atoms with Crippen LogP contribution in [0.1, 0.15) is 130 Å². The van der Waals surface area contributed by atoms with Crippen molar-refractivity contribution in [1.29, 1.82) is 0 Å². The van der Waals surface area contributed by atoms with Gasteiger partial charge >= 0.3 is 0 Å². The maximum Gasteiger partial charge on any atom is 0.261 e. The minimum absolute atomic E-state index is 0.0205. The van der Waals surface area contributed by atoms with Crippen LogP contribution in [-0.4, -0.2) is 20.7 Å². The van der Waals surface area contributed by atoms with Crippen molar-refractivity contribution in [3.05, 3.63) is 60.7 Å². The van der Waals surface area contributed by atoms with Crippen LogP contribution < -0.4 is 10.4 Å². The lowest BCUT2D eigenvalue weighted by molar-refractivity contribution is -0.107. The van der Waals surface area contributed by atoms with Crippen molar-refractivity contribution >= 4 is 25.0 Å². The summed E-state index contributed by atoms with van der Waals surface area (Å²) in [7, 11) is -2.52. The van der Waals surface area contributed by atoms with Gasteiger partial charge in [0.05, 0.1) is 0 Å². The van der Waals surface area contributed by atoms with E-state index in [1.807, 2.05) is 0 Å². The van der Waals surface area contributed by atoms with Crippen molar-refractivity contribution < 1.29 is 9.22 Å². The van der Waals surface area contributed by atoms with E-state index in [-0.39, 0.29) is 5.04 Å². The zero-order chi connectivity index (χ0) is 27.5. The third-order valence-electron chi connectivity index (χ3n) is 7.99. The molecule has 0 saturated heterocycles. The minimum atomic E-state index is -2.52. The van der Waals surface area contributed by atoms with Gasteiger partial charge in [0.15, 0.2) is 0 Å². The number of hydrogen-bond donors (Lipinski definition) is 0. The van der Waals surface area contributed by atoms with E-state index in [0.29, 0.717) is 12.5 Å². The first-order chi connectivity index (χ1) is 18.5. The van der Waals surface area contributed by atoms with Gasteiger partial charge in [-0.1, -0.05) is 165 Å². The van der Waals surface area contributed by atoms with E-state index in [1.54, 1.807) is 0 Å². The van der Waals surface area contributed by atoms with Crippen LogP contribution in [0.4, 0.5) is 0 Å². The highest BCUT2D eigenvalue weighted by Gasteiger charge is 2.51. The van der Waals surface area contributed by atoms with E-state index in [4.69, 9.17) is 4.43 Å². The average molecular weight is 537 g/mol. The molecule has 2 nitrogen and oxygen atoms in total. The third kappa shape index (κ3) is 10.8. The van der Waals surface area contributed by atoms with Crippen molar-refractivity contribution in [3.8, 4) is 0 Å². The molecule has 0 aliphatic rings. The maximum atomic E-state index is 10.6. The fraction of sp³-hybridized carbons (Fsp3) is 0.629. The summed E-state index contributed by atoms with van der Waals surface area (Å²) >= 11 is 0. The molecular formula is C35H56O2Si. The Kier molecular flexibility index (Phi) is 15.9. The van der Waals surface area contributed by atoms with Crippen LogP contribution in [0, 0.1) is 0 Å². The summed E-state index contributed by atoms with van der Waals surface area (Å²) in [6.45, 7) is 9.47. The van der Waals surface area contributed by atoms with Crippen molar-refractivity contribution in [2.45, 2.75) is 142 Å². The lowest BCUT2D eigenvalue weighted by atomic mass is 10.0. The van der Waals surface area contributed by atoms with Gasteiger partial charge in [-0.25, -0.2) is 0 Å². The highest BCUT2D eigenvalue weighted by atomic mass is 28.4. The van der Waals surface area contributed by atoms with Gasteiger partial charge in [0.25, 0.3) is 8.32 Å². The van der Waals surface area contributed by atoms with Crippen molar-refractivity contribution in [3.63, 3.8) is 0 Å². The molecule has 0 amide bonds. The van der Waals surface area contributed by atoms with Crippen LogP contribution in [0.5, 0.6) is 0 Å². The van der Waals surface area contributed by atoms with Crippen LogP contribution in [0.25, 0.3) is 0 Å². The minimum Gasteiger partial charge on any atom is -0.404 e. The van der Waals surface area contributed by atoms with Crippen LogP contribution in [-0.2, 0) is 9.22 Å². The number of unbranched alkanes of at least 4 members (excludes halogenated alkanes) is 12. The molecule has 0 heterocycles. The molecule has 3 heteroatoms. The molecular weight excluding hydrogens is 480 g/mol. The van der Waals surface area contributed by atoms with Gasteiger partial charge in [0.2, 0.25) is 0 Å². The van der Waals surface area contributed by atoms with E-state index in [0.717, 1.165) is 25.5 Å². The molecule has 0 aromatic heterocycles. The van der Waals surface area contributed by atoms with Crippen molar-refractivity contribution in [2.75, 3.05) is 0 Å². The summed E-state index contributed by atoms with van der Waals surface area (Å²) in [6, 6.07) is 22.3. The Hall–Kier alpha value is -1.71. The molecule has 0 fully saturated rings. The Morgan fingerprint density at radius 1 is 0.658 bits per heavy atom. The highest BCUT2D eigenvalue weighted by Crippen LogP contribution is 2.38. The largest absolute Gasteiger partial charge is 0.404 e. The molecule has 2 aromatic rings. The maximum absolute atomic E-state index is 10.6. The number of carbonyl (C=O) groups excluding carboxylic acids is 1. The van der Waals surface area contributed by atoms with Crippen LogP contribution in [0.3, 0.4) is 0 Å². The second kappa shape index (κ2) is 18.6. The SMILES string of the molecule is CCCCCCCCCC(CCCCCCCCC=O)O[Si](c1ccccc1)(c1ccccc1)C(C)(C)C. The Morgan fingerprint density at radius 3 is 1.50 bits per heavy atom. The standard InChI is InChI=1S/C35H56O2Si/c1-5-6-7-8-10-13-18-25-32(26-19-14-11-9-12-15-24-31-36)37-38(35(2,3)4,33-27-20-16-21-28-33)34-29-22-17-23-30-34/h16-17,20-23,27-32H,5-15,18-19,24-26H2,1-4H3. The molecule has 0 N–H and O–H groups in total. The normalized spacial score (nSPS) is 12.9. The number of hydrogen-bond acceptors (Lipinski definition) is 2. The van der Waals surface area contributed by atoms with Crippen molar-refractivity contribution in [1.82, 2.24) is 0 Å². The first kappa shape index (κ1) is 32.5. The lowest BCUT2D eigenvalue weighted by Crippen LogP contribution is -2.67. The lowest BCUT2D eigenvalue weighted by Gasteiger charge is -2.45. The zero-order valence-electron chi connectivity index (χ0n) is 25.1. The number of benzene rings is 2. The molecule has 38 heavy (non-hydrogen) atoms. The summed E-state index contributed by atoms with van der Waals surface area (Å²) in [5.41, 5.74) is 0. The number of aldehydes is 1. The predicted octanol–water partition coefficient (Wildman–Crippen LogP) is 9.39. The molecule has 0 spiro atoms. The second-order valence-electron chi connectivity index (χ2n) is 12.2. The van der Waals surface area contributed by atoms with E-state index < -0.39 is 8.32 Å². The first-order valence-electron chi connectivity index (χ1n) is 15.7. The van der Waals surface area contributed by atoms with Crippen LogP contribution in [0.2, 0.25) is 5.04 Å². The smallest absolute Gasteiger partial charge is 0.261 e. The molecule has 2 aromatic carbocycles. The summed E-state index contributed by atoms with van der Waals surface area (Å²) < 4.78 is 7.58. The van der Waals surface area contributed by atoms with Gasteiger partial charge < -0.3 is 9.22 Å². The molecule has 212 valence electrons. The predicted molar refractivity (Wildman–Crippen MR) is 168 cm³/mol. The molecule has 1 unspecified atom stereocenters. The Labute approximate surface area is 236 Å². The molecule has 0 saturated carbocycles. The summed E-state index contributed by atoms with van der Waals surface area (Å²) in [5, 5.41) is 2.80. The average Bonchev–Trinajstić information content (AvgIpc) is 2.92. The second-order valence-corrected chi connectivity index (χ2v) is 16.4. The van der Waals surface area contributed by atoms with Gasteiger partial charge in [0, 0.05) is 12.5 Å². The highest BCUT2D eigenvalue weighted by molar-refractivity contribution is 6.99. The Balaban J connectivity index is 2.18. The monoisotopic (exact) mass is 536 g/mol. The summed E-state index contributed by atoms with van der Waals surface area (Å²) in [6.07, 6.45) is 21.0. The van der Waals surface area contributed by atoms with Gasteiger partial charge in [-0.2, -0.15) is 0 Å². The van der Waals surface area contributed by atoms with E-state index in [9.17, 15) is 4.79 Å². The quantitative estimate of drug-likeness (QED) is 0.0902. The third-order valence-corrected chi connectivity index (χ3v) is 13.1. The summed E-state index contributed by atoms with van der Waals surface area (Å²) in [5.74, 6) is 0. The van der Waals surface area contributed by atoms with E-state index >= 15 is 0 Å². The molecule has 0 bridgehead atoms. The van der Waals surface area contributed by atoms with Crippen LogP contribution in [0.15, 0.2) is 60.7 Å². The molecule has 2 rings (SSSR count). The van der Waals surface area contributed by atoms with Crippen molar-refractivity contribution in [2.24, 2.45) is 0 Å². The van der Waals surface area contributed by atoms with E-state index in [1.165, 1.54) is 87.4 Å². The molecule has 0 aliphatic heterocycles. The molecule has 1 atom stereocenters. The van der Waals surface area contributed by atoms with E-state index in [2.05, 4.69) is 88.4 Å². The fourth-order valence-corrected chi connectivity index (χ4v) is 10.6. The Bertz CT molecular complexity index is 804. The Morgan fingerprint density at radius 2 is 1.08 bits per heavy atom. The summed E-state index contributed by atoms with van der Waals surface area (Å²) in [4.78, 5) is 10.6. The van der Waals surface area contributed by atoms with Gasteiger partial charge in [-0.3, -0.25) is 0 Å². The fourth-order valence-electron chi connectivity index (χ4n) is 5.84. The number of rotatable bonds is 21.